The summed E-state index contributed by atoms with van der Waals surface area (Å²) in [6.07, 6.45) is -0.332. The molecule has 0 aliphatic rings. The normalized spacial score (nSPS) is 12.2. The summed E-state index contributed by atoms with van der Waals surface area (Å²) in [6.45, 7) is 2.36. The number of methoxy groups -OCH3 is 1. The predicted molar refractivity (Wildman–Crippen MR) is 56.6 cm³/mol. The third kappa shape index (κ3) is 4.37. The molecule has 1 aromatic rings. The van der Waals surface area contributed by atoms with Gasteiger partial charge in [-0.2, -0.15) is 14.4 Å². The van der Waals surface area contributed by atoms with Gasteiger partial charge in [-0.1, -0.05) is 0 Å². The monoisotopic (exact) mass is 230 g/mol. The van der Waals surface area contributed by atoms with Crippen molar-refractivity contribution in [1.82, 2.24) is 9.97 Å². The van der Waals surface area contributed by atoms with E-state index in [2.05, 4.69) is 15.3 Å². The minimum atomic E-state index is -0.675. The third-order valence-corrected chi connectivity index (χ3v) is 1.57. The molecule has 16 heavy (non-hydrogen) atoms. The van der Waals surface area contributed by atoms with E-state index in [0.717, 1.165) is 6.07 Å². The largest absolute Gasteiger partial charge is 0.461 e. The number of nitrogens with zero attached hydrogens (tertiary/aromatic N) is 2. The van der Waals surface area contributed by atoms with Gasteiger partial charge in [0.25, 0.3) is 0 Å². The highest BCUT2D eigenvalue weighted by molar-refractivity contribution is 5.35. The summed E-state index contributed by atoms with van der Waals surface area (Å²) in [7, 11) is 1.54. The number of hydrogen-bond acceptors (Lipinski definition) is 6. The first-order valence-electron chi connectivity index (χ1n) is 4.80. The van der Waals surface area contributed by atoms with Crippen LogP contribution < -0.4 is 15.8 Å². The fourth-order valence-corrected chi connectivity index (χ4v) is 0.985. The lowest BCUT2D eigenvalue weighted by Gasteiger charge is -2.10. The SMILES string of the molecule is COCCOc1nc(F)cc(NC(C)N)n1. The second kappa shape index (κ2) is 6.19. The molecule has 1 heterocycles. The number of ether oxygens (including phenoxy) is 2. The van der Waals surface area contributed by atoms with Crippen molar-refractivity contribution in [3.8, 4) is 6.01 Å². The number of anilines is 1. The van der Waals surface area contributed by atoms with Gasteiger partial charge in [-0.3, -0.25) is 0 Å². The highest BCUT2D eigenvalue weighted by Crippen LogP contribution is 2.11. The number of hydrogen-bond donors (Lipinski definition) is 2. The molecule has 0 saturated carbocycles. The topological polar surface area (TPSA) is 82.3 Å². The van der Waals surface area contributed by atoms with Crippen molar-refractivity contribution in [2.24, 2.45) is 5.73 Å². The van der Waals surface area contributed by atoms with Crippen LogP contribution in [0.2, 0.25) is 0 Å². The average molecular weight is 230 g/mol. The lowest BCUT2D eigenvalue weighted by atomic mass is 10.5. The number of nitrogens with one attached hydrogen (secondary N) is 1. The van der Waals surface area contributed by atoms with Crippen LogP contribution in [0.15, 0.2) is 6.07 Å². The zero-order valence-electron chi connectivity index (χ0n) is 9.24. The van der Waals surface area contributed by atoms with Crippen LogP contribution in [-0.4, -0.2) is 36.5 Å². The maximum atomic E-state index is 13.0. The van der Waals surface area contributed by atoms with Crippen LogP contribution in [0, 0.1) is 5.95 Å². The van der Waals surface area contributed by atoms with Crippen molar-refractivity contribution < 1.29 is 13.9 Å². The zero-order chi connectivity index (χ0) is 12.0. The highest BCUT2D eigenvalue weighted by atomic mass is 19.1. The Morgan fingerprint density at radius 2 is 2.25 bits per heavy atom. The Morgan fingerprint density at radius 3 is 2.88 bits per heavy atom. The quantitative estimate of drug-likeness (QED) is 0.417. The van der Waals surface area contributed by atoms with E-state index in [-0.39, 0.29) is 24.6 Å². The maximum Gasteiger partial charge on any atom is 0.321 e. The molecule has 3 N–H and O–H groups in total. The van der Waals surface area contributed by atoms with E-state index < -0.39 is 5.95 Å². The lowest BCUT2D eigenvalue weighted by Crippen LogP contribution is -2.26. The van der Waals surface area contributed by atoms with Gasteiger partial charge < -0.3 is 20.5 Å². The second-order valence-electron chi connectivity index (χ2n) is 3.13. The molecular formula is C9H15FN4O2. The molecule has 90 valence electrons. The minimum absolute atomic E-state index is 0.0415. The summed E-state index contributed by atoms with van der Waals surface area (Å²) < 4.78 is 22.9. The molecule has 0 bridgehead atoms. The molecule has 0 fully saturated rings. The molecule has 1 atom stereocenters. The van der Waals surface area contributed by atoms with E-state index in [9.17, 15) is 4.39 Å². The summed E-state index contributed by atoms with van der Waals surface area (Å²) in [6, 6.07) is 1.10. The highest BCUT2D eigenvalue weighted by Gasteiger charge is 2.06. The molecule has 1 unspecified atom stereocenters. The first kappa shape index (κ1) is 12.6. The van der Waals surface area contributed by atoms with Crippen molar-refractivity contribution in [3.05, 3.63) is 12.0 Å². The van der Waals surface area contributed by atoms with Crippen LogP contribution in [0.3, 0.4) is 0 Å². The summed E-state index contributed by atoms with van der Waals surface area (Å²) >= 11 is 0. The molecule has 7 heteroatoms. The summed E-state index contributed by atoms with van der Waals surface area (Å²) in [5.41, 5.74) is 5.49. The smallest absolute Gasteiger partial charge is 0.321 e. The molecule has 0 aliphatic carbocycles. The van der Waals surface area contributed by atoms with Crippen molar-refractivity contribution in [2.45, 2.75) is 13.1 Å². The van der Waals surface area contributed by atoms with Gasteiger partial charge >= 0.3 is 6.01 Å². The van der Waals surface area contributed by atoms with E-state index in [1.807, 2.05) is 0 Å². The van der Waals surface area contributed by atoms with E-state index in [0.29, 0.717) is 6.61 Å². The third-order valence-electron chi connectivity index (χ3n) is 1.57. The lowest BCUT2D eigenvalue weighted by molar-refractivity contribution is 0.140. The summed E-state index contributed by atoms with van der Waals surface area (Å²) in [4.78, 5) is 7.40. The van der Waals surface area contributed by atoms with E-state index in [4.69, 9.17) is 15.2 Å². The molecule has 0 aromatic carbocycles. The fourth-order valence-electron chi connectivity index (χ4n) is 0.985. The van der Waals surface area contributed by atoms with Crippen molar-refractivity contribution in [3.63, 3.8) is 0 Å². The Labute approximate surface area is 93.0 Å². The molecule has 0 amide bonds. The Hall–Kier alpha value is -1.47. The van der Waals surface area contributed by atoms with Crippen LogP contribution in [0.1, 0.15) is 6.92 Å². The number of rotatable bonds is 6. The van der Waals surface area contributed by atoms with Crippen molar-refractivity contribution in [1.29, 1.82) is 0 Å². The molecule has 0 saturated heterocycles. The molecule has 0 spiro atoms. The van der Waals surface area contributed by atoms with Gasteiger partial charge in [0.1, 0.15) is 12.4 Å². The van der Waals surface area contributed by atoms with Crippen LogP contribution >= 0.6 is 0 Å². The number of halogens is 1. The first-order valence-corrected chi connectivity index (χ1v) is 4.80. The van der Waals surface area contributed by atoms with E-state index >= 15 is 0 Å². The van der Waals surface area contributed by atoms with Gasteiger partial charge in [0.2, 0.25) is 5.95 Å². The standard InChI is InChI=1S/C9H15FN4O2/c1-6(11)12-8-5-7(10)13-9(14-8)16-4-3-15-2/h5-6H,3-4,11H2,1-2H3,(H,12,13,14). The average Bonchev–Trinajstić information content (AvgIpc) is 2.16. The fraction of sp³-hybridized carbons (Fsp3) is 0.556. The van der Waals surface area contributed by atoms with Crippen LogP contribution in [0.5, 0.6) is 6.01 Å². The van der Waals surface area contributed by atoms with Crippen molar-refractivity contribution >= 4 is 5.82 Å². The van der Waals surface area contributed by atoms with Gasteiger partial charge in [-0.05, 0) is 6.92 Å². The van der Waals surface area contributed by atoms with Crippen LogP contribution in [0.25, 0.3) is 0 Å². The summed E-state index contributed by atoms with van der Waals surface area (Å²) in [5, 5.41) is 2.75. The Bertz CT molecular complexity index is 335. The van der Waals surface area contributed by atoms with Crippen molar-refractivity contribution in [2.75, 3.05) is 25.6 Å². The molecule has 1 aromatic heterocycles. The van der Waals surface area contributed by atoms with Crippen LogP contribution in [-0.2, 0) is 4.74 Å². The number of aromatic nitrogens is 2. The number of nitrogens with two attached hydrogens (primary N) is 1. The van der Waals surface area contributed by atoms with Gasteiger partial charge in [0.15, 0.2) is 0 Å². The molecule has 1 rings (SSSR count). The Balaban J connectivity index is 2.65. The Kier molecular flexibility index (Phi) is 4.87. The summed E-state index contributed by atoms with van der Waals surface area (Å²) in [5.74, 6) is -0.388. The first-order chi connectivity index (χ1) is 7.61. The van der Waals surface area contributed by atoms with E-state index in [1.54, 1.807) is 14.0 Å². The zero-order valence-corrected chi connectivity index (χ0v) is 9.24. The molecule has 0 radical (unpaired) electrons. The van der Waals surface area contributed by atoms with E-state index in [1.165, 1.54) is 0 Å². The molecule has 6 nitrogen and oxygen atoms in total. The van der Waals surface area contributed by atoms with Gasteiger partial charge in [0, 0.05) is 13.2 Å². The van der Waals surface area contributed by atoms with Crippen LogP contribution in [0.4, 0.5) is 10.2 Å². The second-order valence-corrected chi connectivity index (χ2v) is 3.13. The predicted octanol–water partition coefficient (Wildman–Crippen LogP) is 0.358. The van der Waals surface area contributed by atoms with Gasteiger partial charge in [0.05, 0.1) is 12.8 Å². The Morgan fingerprint density at radius 1 is 1.50 bits per heavy atom. The molecular weight excluding hydrogens is 215 g/mol. The van der Waals surface area contributed by atoms with Gasteiger partial charge in [-0.15, -0.1) is 0 Å². The minimum Gasteiger partial charge on any atom is -0.461 e. The maximum absolute atomic E-state index is 13.0. The molecule has 0 aliphatic heterocycles. The van der Waals surface area contributed by atoms with Gasteiger partial charge in [-0.25, -0.2) is 0 Å².